The summed E-state index contributed by atoms with van der Waals surface area (Å²) in [7, 11) is 1.78. The van der Waals surface area contributed by atoms with Gasteiger partial charge in [-0.2, -0.15) is 12.6 Å². The van der Waals surface area contributed by atoms with E-state index in [-0.39, 0.29) is 5.56 Å². The van der Waals surface area contributed by atoms with E-state index in [0.29, 0.717) is 5.37 Å². The van der Waals surface area contributed by atoms with Crippen molar-refractivity contribution in [1.29, 1.82) is 0 Å². The van der Waals surface area contributed by atoms with E-state index < -0.39 is 0 Å². The molecule has 1 atom stereocenters. The third-order valence-electron chi connectivity index (χ3n) is 3.51. The summed E-state index contributed by atoms with van der Waals surface area (Å²) in [5.74, 6) is 0. The lowest BCUT2D eigenvalue weighted by Crippen LogP contribution is -2.47. The van der Waals surface area contributed by atoms with Gasteiger partial charge >= 0.3 is 0 Å². The highest BCUT2D eigenvalue weighted by Crippen LogP contribution is 2.10. The summed E-state index contributed by atoms with van der Waals surface area (Å²) in [5, 5.41) is 0.330. The standard InChI is InChI=1S/C13H21N3OS/c1-11(18)16-7-5-15(6-8-16)10-12-3-4-14(2)13(17)9-12/h3-4,9,11,18H,5-8,10H2,1-2H3. The Kier molecular flexibility index (Phi) is 4.48. The first-order valence-electron chi connectivity index (χ1n) is 6.36. The SMILES string of the molecule is CC(S)N1CCN(Cc2ccn(C)c(=O)c2)CC1. The number of nitrogens with zero attached hydrogens (tertiary/aromatic N) is 3. The Bertz CT molecular complexity index is 450. The smallest absolute Gasteiger partial charge is 0.250 e. The maximum atomic E-state index is 11.5. The van der Waals surface area contributed by atoms with Crippen LogP contribution < -0.4 is 5.56 Å². The number of piperazine rings is 1. The third kappa shape index (κ3) is 3.37. The molecule has 1 aliphatic rings. The van der Waals surface area contributed by atoms with Crippen LogP contribution in [0.15, 0.2) is 23.1 Å². The zero-order valence-corrected chi connectivity index (χ0v) is 11.9. The highest BCUT2D eigenvalue weighted by molar-refractivity contribution is 7.80. The van der Waals surface area contributed by atoms with Crippen LogP contribution in [0.1, 0.15) is 12.5 Å². The number of thiol groups is 1. The molecule has 5 heteroatoms. The second-order valence-electron chi connectivity index (χ2n) is 4.93. The molecule has 100 valence electrons. The van der Waals surface area contributed by atoms with Crippen LogP contribution in [-0.2, 0) is 13.6 Å². The predicted molar refractivity (Wildman–Crippen MR) is 77.0 cm³/mol. The molecule has 1 aromatic rings. The summed E-state index contributed by atoms with van der Waals surface area (Å²) in [4.78, 5) is 16.3. The monoisotopic (exact) mass is 267 g/mol. The molecule has 2 heterocycles. The molecule has 0 saturated carbocycles. The van der Waals surface area contributed by atoms with Gasteiger partial charge in [-0.15, -0.1) is 0 Å². The number of hydrogen-bond acceptors (Lipinski definition) is 4. The molecule has 0 N–H and O–H groups in total. The van der Waals surface area contributed by atoms with E-state index in [0.717, 1.165) is 38.3 Å². The van der Waals surface area contributed by atoms with Crippen molar-refractivity contribution in [3.05, 3.63) is 34.2 Å². The zero-order chi connectivity index (χ0) is 13.1. The van der Waals surface area contributed by atoms with Gasteiger partial charge < -0.3 is 4.57 Å². The molecule has 18 heavy (non-hydrogen) atoms. The van der Waals surface area contributed by atoms with E-state index in [1.807, 2.05) is 12.3 Å². The quantitative estimate of drug-likeness (QED) is 0.821. The molecule has 0 amide bonds. The molecule has 0 aromatic carbocycles. The van der Waals surface area contributed by atoms with Crippen molar-refractivity contribution in [3.8, 4) is 0 Å². The summed E-state index contributed by atoms with van der Waals surface area (Å²) in [6.07, 6.45) is 1.84. The van der Waals surface area contributed by atoms with Gasteiger partial charge in [0.1, 0.15) is 0 Å². The lowest BCUT2D eigenvalue weighted by Gasteiger charge is -2.36. The Hall–Kier alpha value is -0.780. The van der Waals surface area contributed by atoms with E-state index >= 15 is 0 Å². The van der Waals surface area contributed by atoms with Gasteiger partial charge in [0, 0.05) is 57.4 Å². The van der Waals surface area contributed by atoms with Crippen molar-refractivity contribution in [2.45, 2.75) is 18.8 Å². The molecule has 0 bridgehead atoms. The van der Waals surface area contributed by atoms with Gasteiger partial charge in [-0.1, -0.05) is 0 Å². The maximum Gasteiger partial charge on any atom is 0.250 e. The predicted octanol–water partition coefficient (Wildman–Crippen LogP) is 0.779. The summed E-state index contributed by atoms with van der Waals surface area (Å²) in [5.41, 5.74) is 1.17. The van der Waals surface area contributed by atoms with Gasteiger partial charge in [-0.25, -0.2) is 0 Å². The van der Waals surface area contributed by atoms with E-state index in [1.165, 1.54) is 0 Å². The van der Waals surface area contributed by atoms with Crippen LogP contribution in [-0.4, -0.2) is 45.9 Å². The fourth-order valence-electron chi connectivity index (χ4n) is 2.24. The number of aromatic nitrogens is 1. The van der Waals surface area contributed by atoms with E-state index in [1.54, 1.807) is 17.7 Å². The van der Waals surface area contributed by atoms with E-state index in [2.05, 4.69) is 29.4 Å². The third-order valence-corrected chi connectivity index (χ3v) is 3.84. The van der Waals surface area contributed by atoms with Crippen molar-refractivity contribution in [2.24, 2.45) is 7.05 Å². The van der Waals surface area contributed by atoms with Crippen molar-refractivity contribution < 1.29 is 0 Å². The first-order chi connectivity index (χ1) is 8.56. The second-order valence-corrected chi connectivity index (χ2v) is 5.68. The van der Waals surface area contributed by atoms with Crippen LogP contribution in [0, 0.1) is 0 Å². The molecular formula is C13H21N3OS. The van der Waals surface area contributed by atoms with Gasteiger partial charge in [-0.05, 0) is 18.6 Å². The van der Waals surface area contributed by atoms with Crippen molar-refractivity contribution in [3.63, 3.8) is 0 Å². The van der Waals surface area contributed by atoms with E-state index in [4.69, 9.17) is 0 Å². The molecule has 1 aliphatic heterocycles. The van der Waals surface area contributed by atoms with Crippen molar-refractivity contribution >= 4 is 12.6 Å². The van der Waals surface area contributed by atoms with Crippen LogP contribution in [0.4, 0.5) is 0 Å². The minimum Gasteiger partial charge on any atom is -0.319 e. The zero-order valence-electron chi connectivity index (χ0n) is 11.0. The van der Waals surface area contributed by atoms with Gasteiger partial charge in [0.05, 0.1) is 0 Å². The molecule has 0 radical (unpaired) electrons. The number of rotatable bonds is 3. The first-order valence-corrected chi connectivity index (χ1v) is 6.88. The normalized spacial score (nSPS) is 19.9. The average Bonchev–Trinajstić information content (AvgIpc) is 2.34. The highest BCUT2D eigenvalue weighted by atomic mass is 32.1. The largest absolute Gasteiger partial charge is 0.319 e. The molecule has 2 rings (SSSR count). The second kappa shape index (κ2) is 5.91. The van der Waals surface area contributed by atoms with Crippen LogP contribution in [0.3, 0.4) is 0 Å². The Morgan fingerprint density at radius 2 is 2.00 bits per heavy atom. The summed E-state index contributed by atoms with van der Waals surface area (Å²) < 4.78 is 1.60. The number of pyridine rings is 1. The van der Waals surface area contributed by atoms with Crippen molar-refractivity contribution in [2.75, 3.05) is 26.2 Å². The van der Waals surface area contributed by atoms with Crippen LogP contribution in [0.25, 0.3) is 0 Å². The first kappa shape index (κ1) is 13.6. The van der Waals surface area contributed by atoms with Gasteiger partial charge in [-0.3, -0.25) is 14.6 Å². The van der Waals surface area contributed by atoms with Crippen molar-refractivity contribution in [1.82, 2.24) is 14.4 Å². The molecule has 1 saturated heterocycles. The summed E-state index contributed by atoms with van der Waals surface area (Å²) in [6.45, 7) is 7.16. The Labute approximate surface area is 114 Å². The number of aryl methyl sites for hydroxylation is 1. The van der Waals surface area contributed by atoms with Crippen LogP contribution in [0.5, 0.6) is 0 Å². The van der Waals surface area contributed by atoms with E-state index in [9.17, 15) is 4.79 Å². The highest BCUT2D eigenvalue weighted by Gasteiger charge is 2.19. The Balaban J connectivity index is 1.91. The number of hydrogen-bond donors (Lipinski definition) is 1. The minimum atomic E-state index is 0.0649. The minimum absolute atomic E-state index is 0.0649. The summed E-state index contributed by atoms with van der Waals surface area (Å²) >= 11 is 4.46. The van der Waals surface area contributed by atoms with Gasteiger partial charge in [0.15, 0.2) is 0 Å². The van der Waals surface area contributed by atoms with Gasteiger partial charge in [0.25, 0.3) is 5.56 Å². The molecule has 4 nitrogen and oxygen atoms in total. The lowest BCUT2D eigenvalue weighted by molar-refractivity contribution is 0.123. The molecular weight excluding hydrogens is 246 g/mol. The average molecular weight is 267 g/mol. The fraction of sp³-hybridized carbons (Fsp3) is 0.615. The maximum absolute atomic E-state index is 11.5. The fourth-order valence-corrected chi connectivity index (χ4v) is 2.47. The van der Waals surface area contributed by atoms with Gasteiger partial charge in [0.2, 0.25) is 0 Å². The molecule has 1 fully saturated rings. The molecule has 0 aliphatic carbocycles. The summed E-state index contributed by atoms with van der Waals surface area (Å²) in [6, 6.07) is 3.75. The Morgan fingerprint density at radius 3 is 2.56 bits per heavy atom. The van der Waals surface area contributed by atoms with Crippen LogP contribution >= 0.6 is 12.6 Å². The van der Waals surface area contributed by atoms with Crippen LogP contribution in [0.2, 0.25) is 0 Å². The molecule has 1 aromatic heterocycles. The Morgan fingerprint density at radius 1 is 1.33 bits per heavy atom. The lowest BCUT2D eigenvalue weighted by atomic mass is 10.2. The molecule has 0 spiro atoms. The molecule has 1 unspecified atom stereocenters. The topological polar surface area (TPSA) is 28.5 Å².